The van der Waals surface area contributed by atoms with E-state index < -0.39 is 45.3 Å². The molecule has 0 spiro atoms. The SMILES string of the molecule is CCn1c(=O)[nH]c(=O)c2c1nc(Cc1cn3cc(Cl)sc3n1)n2Cc1ccccc1.CCn1c(=O)[nH]c(=O)c2c1nc(Cc1cn3ccccc3n1)n2Cc1ccc(CC(=O)O)cc1.CCn1c(=O)[nH]c(=O)c2c1nc(Cc1cn3ccccc3n1)n2Cc1ccc(CCO)cc1.O=c1[nH]c(=O)n(C2CC2)c2nc(Cc3cn4ccccc4n3)n(Cc3ccccc3)c12. The molecule has 21 rings (SSSR count). The highest BCUT2D eigenvalue weighted by atomic mass is 35.5. The van der Waals surface area contributed by atoms with Crippen molar-refractivity contribution >= 4 is 95.5 Å². The summed E-state index contributed by atoms with van der Waals surface area (Å²) in [5.74, 6) is 1.75. The van der Waals surface area contributed by atoms with Gasteiger partial charge in [-0.25, -0.2) is 59.0 Å². The molecule has 20 aromatic rings. The zero-order valence-electron chi connectivity index (χ0n) is 69.4. The predicted molar refractivity (Wildman–Crippen MR) is 483 cm³/mol. The number of rotatable bonds is 24. The molecule has 37 heteroatoms. The third-order valence-corrected chi connectivity index (χ3v) is 23.4. The van der Waals surface area contributed by atoms with Crippen molar-refractivity contribution in [3.05, 3.63) is 381 Å². The summed E-state index contributed by atoms with van der Waals surface area (Å²) in [4.78, 5) is 160. The second-order valence-corrected chi connectivity index (χ2v) is 32.6. The Morgan fingerprint density at radius 3 is 1.06 bits per heavy atom. The van der Waals surface area contributed by atoms with E-state index >= 15 is 0 Å². The topological polar surface area (TPSA) is 417 Å². The highest BCUT2D eigenvalue weighted by Gasteiger charge is 2.31. The van der Waals surface area contributed by atoms with E-state index in [1.165, 1.54) is 25.0 Å². The van der Waals surface area contributed by atoms with Gasteiger partial charge in [0.05, 0.1) is 29.2 Å². The van der Waals surface area contributed by atoms with Gasteiger partial charge in [0.1, 0.15) is 44.6 Å². The van der Waals surface area contributed by atoms with Crippen LogP contribution < -0.4 is 45.0 Å². The van der Waals surface area contributed by atoms with Crippen molar-refractivity contribution in [3.63, 3.8) is 0 Å². The van der Waals surface area contributed by atoms with Gasteiger partial charge in [-0.2, -0.15) is 0 Å². The number of imidazole rings is 8. The molecule has 1 fully saturated rings. The summed E-state index contributed by atoms with van der Waals surface area (Å²) in [5, 5.41) is 18.2. The molecule has 0 bridgehead atoms. The van der Waals surface area contributed by atoms with Crippen molar-refractivity contribution in [2.45, 2.75) is 124 Å². The van der Waals surface area contributed by atoms with Crippen LogP contribution in [0.3, 0.4) is 0 Å². The Morgan fingerprint density at radius 2 is 0.711 bits per heavy atom. The van der Waals surface area contributed by atoms with Crippen LogP contribution >= 0.6 is 22.9 Å². The molecule has 35 nitrogen and oxygen atoms in total. The van der Waals surface area contributed by atoms with E-state index in [9.17, 15) is 43.2 Å². The lowest BCUT2D eigenvalue weighted by Gasteiger charge is -2.09. The van der Waals surface area contributed by atoms with Gasteiger partial charge in [-0.05, 0) is 110 Å². The van der Waals surface area contributed by atoms with Gasteiger partial charge in [0.25, 0.3) is 22.2 Å². The van der Waals surface area contributed by atoms with Crippen LogP contribution in [0.5, 0.6) is 0 Å². The van der Waals surface area contributed by atoms with Crippen LogP contribution in [0.4, 0.5) is 0 Å². The van der Waals surface area contributed by atoms with Crippen LogP contribution in [-0.2, 0) is 89.1 Å². The lowest BCUT2D eigenvalue weighted by molar-refractivity contribution is -0.136. The zero-order valence-corrected chi connectivity index (χ0v) is 71.0. The number of aliphatic carboxylic acids is 1. The summed E-state index contributed by atoms with van der Waals surface area (Å²) in [6, 6.07) is 52.4. The van der Waals surface area contributed by atoms with Gasteiger partial charge in [0, 0.05) is 134 Å². The third-order valence-electron chi connectivity index (χ3n) is 22.3. The van der Waals surface area contributed by atoms with Gasteiger partial charge < -0.3 is 41.7 Å². The van der Waals surface area contributed by atoms with E-state index in [0.717, 1.165) is 85.3 Å². The number of hydrogen-bond acceptors (Lipinski definition) is 19. The molecule has 4 aromatic carbocycles. The third kappa shape index (κ3) is 17.2. The molecule has 6 N–H and O–H groups in total. The first-order valence-corrected chi connectivity index (χ1v) is 42.8. The molecular weight excluding hydrogens is 1670 g/mol. The van der Waals surface area contributed by atoms with Crippen LogP contribution in [0.15, 0.2) is 252 Å². The number of aliphatic hydroxyl groups is 1. The summed E-state index contributed by atoms with van der Waals surface area (Å²) in [5.41, 5.74) is 10.9. The Bertz CT molecular complexity index is 7990. The Balaban J connectivity index is 0.000000115. The number of benzene rings is 4. The van der Waals surface area contributed by atoms with Crippen molar-refractivity contribution in [3.8, 4) is 0 Å². The molecule has 1 aliphatic carbocycles. The maximum Gasteiger partial charge on any atom is 0.330 e. The number of nitrogens with zero attached hydrogens (tertiary/aromatic N) is 20. The Labute approximate surface area is 731 Å². The maximum atomic E-state index is 12.9. The summed E-state index contributed by atoms with van der Waals surface area (Å²) in [6.45, 7) is 8.49. The number of H-pyrrole nitrogens is 4. The van der Waals surface area contributed by atoms with Gasteiger partial charge in [-0.3, -0.25) is 66.6 Å². The highest BCUT2D eigenvalue weighted by Crippen LogP contribution is 2.36. The smallest absolute Gasteiger partial charge is 0.330 e. The average Bonchev–Trinajstić information content (AvgIpc) is 1.60. The maximum absolute atomic E-state index is 12.9. The summed E-state index contributed by atoms with van der Waals surface area (Å²) in [7, 11) is 0. The fourth-order valence-corrected chi connectivity index (χ4v) is 17.2. The number of carboxylic acids is 1. The second-order valence-electron chi connectivity index (χ2n) is 30.9. The van der Waals surface area contributed by atoms with Crippen molar-refractivity contribution < 1.29 is 15.0 Å². The van der Waals surface area contributed by atoms with Gasteiger partial charge in [0.15, 0.2) is 49.6 Å². The quantitative estimate of drug-likeness (QED) is 0.0328. The number of carbonyl (C=O) groups is 1. The van der Waals surface area contributed by atoms with Crippen LogP contribution in [0.1, 0.15) is 119 Å². The van der Waals surface area contributed by atoms with E-state index in [1.807, 2.05) is 253 Å². The van der Waals surface area contributed by atoms with E-state index in [0.29, 0.717) is 156 Å². The first-order valence-electron chi connectivity index (χ1n) is 41.6. The van der Waals surface area contributed by atoms with E-state index in [2.05, 4.69) is 34.9 Å². The van der Waals surface area contributed by atoms with Crippen LogP contribution in [-0.4, -0.2) is 137 Å². The number of aromatic nitrogens is 24. The standard InChI is InChI=1S/C24H22N6O4.C24H24N6O3.C23H20N6O2.C20H17ClN6O2S/c1-2-29-22-21(23(33)27-24(29)34)30(13-16-8-6-15(7-9-16)11-20(31)32)19(26-22)12-17-14-28-10-4-3-5-18(28)25-17;1-2-29-22-21(23(32)27-24(29)33)30(14-17-8-6-16(7-9-17)10-12-31)20(26-22)13-18-15-28-11-4-3-5-19(28)25-18;30-22-20-21(29(17-9-10-17)23(31)26-22)25-19(28(20)13-15-6-2-1-3-7-15)12-16-14-27-11-5-4-8-18(27)24-16;1-2-26-17-16(18(28)24-19(26)29)27(9-12-6-4-3-5-7-12)15(23-17)8-13-10-25-11-14(21)30-20(25)22-13/h3-10,14H,2,11-13H2,1H3,(H,31,32)(H,27,33,34);3-9,11,15,31H,2,10,12-14H2,1H3,(H,27,32,33);1-8,11,14,17H,9-10,12-13H2,(H,26,30,31);3-7,10-11H,2,8-9H2,1H3,(H,24,28,29). The highest BCUT2D eigenvalue weighted by molar-refractivity contribution is 7.20. The van der Waals surface area contributed by atoms with Crippen LogP contribution in [0.2, 0.25) is 4.34 Å². The summed E-state index contributed by atoms with van der Waals surface area (Å²) in [6.07, 6.45) is 19.4. The minimum atomic E-state index is -0.896. The number of fused-ring (bicyclic) bond motifs is 8. The molecule has 0 aliphatic heterocycles. The average molecular weight is 1760 g/mol. The lowest BCUT2D eigenvalue weighted by atomic mass is 10.1. The first kappa shape index (κ1) is 83.3. The van der Waals surface area contributed by atoms with Gasteiger partial charge in [0.2, 0.25) is 0 Å². The number of carboxylic acid groups (broad SMARTS) is 1. The van der Waals surface area contributed by atoms with Crippen LogP contribution in [0.25, 0.3) is 66.6 Å². The van der Waals surface area contributed by atoms with Gasteiger partial charge >= 0.3 is 28.7 Å². The van der Waals surface area contributed by atoms with E-state index in [-0.39, 0.29) is 24.8 Å². The van der Waals surface area contributed by atoms with Crippen molar-refractivity contribution in [1.82, 2.24) is 114 Å². The number of aryl methyl sites for hydroxylation is 3. The number of thiazole rings is 1. The Hall–Kier alpha value is -15.6. The molecule has 0 atom stereocenters. The fourth-order valence-electron chi connectivity index (χ4n) is 16.2. The zero-order chi connectivity index (χ0) is 88.5. The molecule has 0 amide bonds. The molecular formula is C91H83ClN24O11S. The summed E-state index contributed by atoms with van der Waals surface area (Å²) < 4.78 is 21.9. The summed E-state index contributed by atoms with van der Waals surface area (Å²) >= 11 is 7.44. The Morgan fingerprint density at radius 1 is 0.383 bits per heavy atom. The van der Waals surface area contributed by atoms with Crippen molar-refractivity contribution in [2.24, 2.45) is 0 Å². The van der Waals surface area contributed by atoms with Gasteiger partial charge in [-0.1, -0.05) is 150 Å². The fraction of sp³-hybridized carbons (Fsp3) is 0.220. The van der Waals surface area contributed by atoms with Gasteiger partial charge in [-0.15, -0.1) is 0 Å². The predicted octanol–water partition coefficient (Wildman–Crippen LogP) is 8.96. The number of halogens is 1. The molecule has 0 saturated heterocycles. The number of aliphatic hydroxyl groups excluding tert-OH is 1. The molecule has 0 unspecified atom stereocenters. The number of pyridine rings is 3. The van der Waals surface area contributed by atoms with Crippen molar-refractivity contribution in [1.29, 1.82) is 0 Å². The van der Waals surface area contributed by atoms with Crippen LogP contribution in [0, 0.1) is 0 Å². The second kappa shape index (κ2) is 35.6. The first-order chi connectivity index (χ1) is 62.2. The monoisotopic (exact) mass is 1750 g/mol. The number of hydrogen-bond donors (Lipinski definition) is 6. The minimum Gasteiger partial charge on any atom is -0.481 e. The Kier molecular flexibility index (Phi) is 23.2. The molecule has 128 heavy (non-hydrogen) atoms. The molecule has 1 saturated carbocycles. The van der Waals surface area contributed by atoms with Crippen molar-refractivity contribution in [2.75, 3.05) is 6.61 Å². The normalized spacial score (nSPS) is 12.1. The molecule has 646 valence electrons. The molecule has 16 aromatic heterocycles. The number of nitrogens with one attached hydrogen (secondary N) is 4. The minimum absolute atomic E-state index is 0.0597. The molecule has 16 heterocycles. The number of aromatic amines is 4. The largest absolute Gasteiger partial charge is 0.481 e. The molecule has 1 aliphatic rings. The van der Waals surface area contributed by atoms with E-state index in [4.69, 9.17) is 46.7 Å². The lowest BCUT2D eigenvalue weighted by Crippen LogP contribution is -2.30. The molecule has 0 radical (unpaired) electrons. The van der Waals surface area contributed by atoms with E-state index in [1.54, 1.807) is 21.3 Å².